The molecular weight excluding hydrogens is 374 g/mol. The zero-order chi connectivity index (χ0) is 20.2. The van der Waals surface area contributed by atoms with Gasteiger partial charge < -0.3 is 10.2 Å². The van der Waals surface area contributed by atoms with E-state index in [0.717, 1.165) is 45.1 Å². The van der Waals surface area contributed by atoms with Crippen LogP contribution in [-0.4, -0.2) is 82.8 Å². The molecule has 1 aromatic carbocycles. The van der Waals surface area contributed by atoms with Crippen LogP contribution in [0.5, 0.6) is 0 Å². The minimum Gasteiger partial charge on any atom is -0.356 e. The Morgan fingerprint density at radius 1 is 1.14 bits per heavy atom. The van der Waals surface area contributed by atoms with Gasteiger partial charge in [0.05, 0.1) is 5.75 Å². The van der Waals surface area contributed by atoms with Gasteiger partial charge in [0.1, 0.15) is 0 Å². The zero-order valence-electron chi connectivity index (χ0n) is 17.0. The lowest BCUT2D eigenvalue weighted by Crippen LogP contribution is -2.52. The van der Waals surface area contributed by atoms with Crippen LogP contribution in [-0.2, 0) is 10.0 Å². The van der Waals surface area contributed by atoms with Gasteiger partial charge in [-0.25, -0.2) is 13.1 Å². The third-order valence-electron chi connectivity index (χ3n) is 4.70. The molecule has 0 radical (unpaired) electrons. The molecule has 7 nitrogen and oxygen atoms in total. The van der Waals surface area contributed by atoms with Gasteiger partial charge in [0.25, 0.3) is 0 Å². The van der Waals surface area contributed by atoms with Gasteiger partial charge >= 0.3 is 0 Å². The van der Waals surface area contributed by atoms with E-state index in [1.165, 1.54) is 5.56 Å². The molecule has 0 aliphatic carbocycles. The van der Waals surface area contributed by atoms with Crippen molar-refractivity contribution < 1.29 is 8.42 Å². The monoisotopic (exact) mass is 407 g/mol. The second-order valence-corrected chi connectivity index (χ2v) is 8.82. The number of guanidine groups is 1. The van der Waals surface area contributed by atoms with Gasteiger partial charge in [-0.2, -0.15) is 0 Å². The van der Waals surface area contributed by atoms with Crippen LogP contribution in [0.3, 0.4) is 0 Å². The van der Waals surface area contributed by atoms with E-state index in [0.29, 0.717) is 13.1 Å². The average Bonchev–Trinajstić information content (AvgIpc) is 2.72. The summed E-state index contributed by atoms with van der Waals surface area (Å²) in [5.41, 5.74) is 1.23. The van der Waals surface area contributed by atoms with E-state index in [2.05, 4.69) is 61.2 Å². The summed E-state index contributed by atoms with van der Waals surface area (Å²) in [6.07, 6.45) is 5.11. The molecule has 0 atom stereocenters. The Hall–Kier alpha value is -1.90. The fraction of sp³-hybridized carbons (Fsp3) is 0.550. The molecule has 8 heteroatoms. The minimum atomic E-state index is -3.11. The van der Waals surface area contributed by atoms with E-state index in [-0.39, 0.29) is 5.75 Å². The molecule has 2 rings (SSSR count). The number of benzene rings is 1. The molecule has 1 aliphatic rings. The highest BCUT2D eigenvalue weighted by atomic mass is 32.2. The molecule has 0 bridgehead atoms. The highest BCUT2D eigenvalue weighted by Gasteiger charge is 2.18. The fourth-order valence-corrected chi connectivity index (χ4v) is 3.65. The number of sulfonamides is 1. The van der Waals surface area contributed by atoms with Crippen molar-refractivity contribution in [3.05, 3.63) is 42.0 Å². The molecule has 156 valence electrons. The number of piperazine rings is 1. The van der Waals surface area contributed by atoms with Gasteiger partial charge in [-0.3, -0.25) is 9.89 Å². The molecule has 0 aromatic heterocycles. The summed E-state index contributed by atoms with van der Waals surface area (Å²) in [6.45, 7) is 7.58. The van der Waals surface area contributed by atoms with Gasteiger partial charge in [0, 0.05) is 52.9 Å². The van der Waals surface area contributed by atoms with E-state index >= 15 is 0 Å². The average molecular weight is 408 g/mol. The summed E-state index contributed by atoms with van der Waals surface area (Å²) < 4.78 is 25.4. The SMILES string of the molecule is CCS(=O)(=O)NCCCNC(=NC)N1CCN(C/C=C/c2ccccc2)CC1. The van der Waals surface area contributed by atoms with Gasteiger partial charge in [-0.15, -0.1) is 0 Å². The highest BCUT2D eigenvalue weighted by Crippen LogP contribution is 2.05. The van der Waals surface area contributed by atoms with Crippen molar-refractivity contribution in [3.63, 3.8) is 0 Å². The van der Waals surface area contributed by atoms with Crippen LogP contribution in [0, 0.1) is 0 Å². The zero-order valence-corrected chi connectivity index (χ0v) is 17.8. The summed E-state index contributed by atoms with van der Waals surface area (Å²) >= 11 is 0. The molecule has 0 amide bonds. The quantitative estimate of drug-likeness (QED) is 0.366. The summed E-state index contributed by atoms with van der Waals surface area (Å²) in [5, 5.41) is 3.33. The molecule has 28 heavy (non-hydrogen) atoms. The first-order valence-corrected chi connectivity index (χ1v) is 11.6. The molecule has 1 heterocycles. The number of nitrogens with one attached hydrogen (secondary N) is 2. The van der Waals surface area contributed by atoms with E-state index < -0.39 is 10.0 Å². The molecule has 1 saturated heterocycles. The van der Waals surface area contributed by atoms with Crippen molar-refractivity contribution in [3.8, 4) is 0 Å². The largest absolute Gasteiger partial charge is 0.356 e. The first kappa shape index (κ1) is 22.4. The molecule has 2 N–H and O–H groups in total. The summed E-state index contributed by atoms with van der Waals surface area (Å²) in [7, 11) is -1.32. The predicted octanol–water partition coefficient (Wildman–Crippen LogP) is 1.22. The second kappa shape index (κ2) is 11.8. The van der Waals surface area contributed by atoms with Crippen molar-refractivity contribution in [2.75, 3.05) is 58.6 Å². The highest BCUT2D eigenvalue weighted by molar-refractivity contribution is 7.89. The normalized spacial score (nSPS) is 16.6. The van der Waals surface area contributed by atoms with E-state index in [1.54, 1.807) is 14.0 Å². The third kappa shape index (κ3) is 8.00. The summed E-state index contributed by atoms with van der Waals surface area (Å²) in [4.78, 5) is 9.05. The van der Waals surface area contributed by atoms with Crippen molar-refractivity contribution in [2.45, 2.75) is 13.3 Å². The number of aliphatic imine (C=N–C) groups is 1. The Bertz CT molecular complexity index is 726. The molecule has 0 spiro atoms. The van der Waals surface area contributed by atoms with Crippen LogP contribution < -0.4 is 10.0 Å². The third-order valence-corrected chi connectivity index (χ3v) is 6.10. The summed E-state index contributed by atoms with van der Waals surface area (Å²) in [6, 6.07) is 10.3. The van der Waals surface area contributed by atoms with Crippen LogP contribution in [0.25, 0.3) is 6.08 Å². The number of hydrogen-bond donors (Lipinski definition) is 2. The Morgan fingerprint density at radius 3 is 2.50 bits per heavy atom. The fourth-order valence-electron chi connectivity index (χ4n) is 2.99. The van der Waals surface area contributed by atoms with Crippen molar-refractivity contribution in [2.24, 2.45) is 4.99 Å². The van der Waals surface area contributed by atoms with Crippen molar-refractivity contribution in [1.29, 1.82) is 0 Å². The molecule has 0 saturated carbocycles. The van der Waals surface area contributed by atoms with Gasteiger partial charge in [0.15, 0.2) is 5.96 Å². The second-order valence-electron chi connectivity index (χ2n) is 6.73. The topological polar surface area (TPSA) is 77.0 Å². The first-order chi connectivity index (χ1) is 13.5. The van der Waals surface area contributed by atoms with Gasteiger partial charge in [-0.05, 0) is 18.9 Å². The van der Waals surface area contributed by atoms with E-state index in [9.17, 15) is 8.42 Å². The van der Waals surface area contributed by atoms with Crippen LogP contribution >= 0.6 is 0 Å². The molecule has 1 fully saturated rings. The maximum absolute atomic E-state index is 11.4. The Morgan fingerprint density at radius 2 is 1.86 bits per heavy atom. The Labute approximate surface area is 169 Å². The molecule has 1 aliphatic heterocycles. The van der Waals surface area contributed by atoms with Crippen LogP contribution in [0.1, 0.15) is 18.9 Å². The lowest BCUT2D eigenvalue weighted by atomic mass is 10.2. The molecule has 1 aromatic rings. The van der Waals surface area contributed by atoms with Crippen LogP contribution in [0.15, 0.2) is 41.4 Å². The predicted molar refractivity (Wildman–Crippen MR) is 117 cm³/mol. The number of rotatable bonds is 9. The van der Waals surface area contributed by atoms with Crippen molar-refractivity contribution in [1.82, 2.24) is 19.8 Å². The number of hydrogen-bond acceptors (Lipinski definition) is 4. The van der Waals surface area contributed by atoms with E-state index in [1.807, 2.05) is 6.07 Å². The Balaban J connectivity index is 1.65. The first-order valence-electron chi connectivity index (χ1n) is 9.91. The smallest absolute Gasteiger partial charge is 0.211 e. The lowest BCUT2D eigenvalue weighted by Gasteiger charge is -2.36. The lowest BCUT2D eigenvalue weighted by molar-refractivity contribution is 0.194. The van der Waals surface area contributed by atoms with Gasteiger partial charge in [0.2, 0.25) is 10.0 Å². The summed E-state index contributed by atoms with van der Waals surface area (Å²) in [5.74, 6) is 1.00. The van der Waals surface area contributed by atoms with Crippen LogP contribution in [0.4, 0.5) is 0 Å². The molecular formula is C20H33N5O2S. The minimum absolute atomic E-state index is 0.118. The Kier molecular flexibility index (Phi) is 9.46. The standard InChI is InChI=1S/C20H33N5O2S/c1-3-28(26,27)23-13-8-12-22-20(21-2)25-17-15-24(16-18-25)14-7-11-19-9-5-4-6-10-19/h4-7,9-11,23H,3,8,12-18H2,1-2H3,(H,21,22)/b11-7+. The van der Waals surface area contributed by atoms with Crippen LogP contribution in [0.2, 0.25) is 0 Å². The molecule has 0 unspecified atom stereocenters. The van der Waals surface area contributed by atoms with Gasteiger partial charge in [-0.1, -0.05) is 42.5 Å². The maximum Gasteiger partial charge on any atom is 0.211 e. The maximum atomic E-state index is 11.4. The van der Waals surface area contributed by atoms with Crippen molar-refractivity contribution >= 4 is 22.1 Å². The van der Waals surface area contributed by atoms with E-state index in [4.69, 9.17) is 0 Å². The number of nitrogens with zero attached hydrogens (tertiary/aromatic N) is 3.